The predicted octanol–water partition coefficient (Wildman–Crippen LogP) is 1.82. The van der Waals surface area contributed by atoms with Gasteiger partial charge in [-0.2, -0.15) is 0 Å². The summed E-state index contributed by atoms with van der Waals surface area (Å²) < 4.78 is 3.85. The van der Waals surface area contributed by atoms with Crippen molar-refractivity contribution >= 4 is 32.0 Å². The zero-order chi connectivity index (χ0) is 15.4. The molecule has 0 saturated carbocycles. The number of allylic oxidation sites excluding steroid dienone is 1. The first-order valence-electron chi connectivity index (χ1n) is 6.65. The zero-order valence-electron chi connectivity index (χ0n) is 12.4. The van der Waals surface area contributed by atoms with Gasteiger partial charge in [-0.25, -0.2) is 0 Å². The third-order valence-electron chi connectivity index (χ3n) is 3.12. The predicted molar refractivity (Wildman–Crippen MR) is 84.1 cm³/mol. The van der Waals surface area contributed by atoms with E-state index in [9.17, 15) is 4.79 Å². The summed E-state index contributed by atoms with van der Waals surface area (Å²) in [6.45, 7) is 7.12. The molecule has 0 spiro atoms. The number of hydrogen-bond donors (Lipinski definition) is 0. The summed E-state index contributed by atoms with van der Waals surface area (Å²) in [6, 6.07) is 0. The first-order valence-corrected chi connectivity index (χ1v) is 9.26. The summed E-state index contributed by atoms with van der Waals surface area (Å²) in [4.78, 5) is 19.5. The van der Waals surface area contributed by atoms with Crippen LogP contribution in [0.25, 0.3) is 4.83 Å². The normalized spacial score (nSPS) is 11.5. The van der Waals surface area contributed by atoms with E-state index in [-0.39, 0.29) is 21.3 Å². The van der Waals surface area contributed by atoms with Crippen molar-refractivity contribution in [3.63, 3.8) is 0 Å². The van der Waals surface area contributed by atoms with E-state index in [4.69, 9.17) is 0 Å². The van der Waals surface area contributed by atoms with Crippen LogP contribution in [0.1, 0.15) is 29.5 Å². The molecule has 0 bridgehead atoms. The summed E-state index contributed by atoms with van der Waals surface area (Å²) in [7, 11) is 0. The molecule has 0 aliphatic heterocycles. The van der Waals surface area contributed by atoms with Crippen LogP contribution in [0.15, 0.2) is 17.8 Å². The Labute approximate surface area is 134 Å². The second kappa shape index (κ2) is 7.07. The van der Waals surface area contributed by atoms with E-state index in [0.29, 0.717) is 18.1 Å². The van der Waals surface area contributed by atoms with Crippen LogP contribution >= 0.6 is 11.3 Å². The number of nitrogens with zero attached hydrogens (tertiary/aromatic N) is 4. The van der Waals surface area contributed by atoms with E-state index >= 15 is 0 Å². The Balaban J connectivity index is 2.24. The van der Waals surface area contributed by atoms with Crippen LogP contribution in [0.3, 0.4) is 0 Å². The van der Waals surface area contributed by atoms with Crippen LogP contribution in [0.2, 0.25) is 0 Å². The summed E-state index contributed by atoms with van der Waals surface area (Å²) in [5, 5.41) is 8.79. The second-order valence-electron chi connectivity index (χ2n) is 4.46. The van der Waals surface area contributed by atoms with E-state index in [2.05, 4.69) is 20.0 Å². The molecule has 2 rings (SSSR count). The molecule has 0 radical (unpaired) electrons. The Morgan fingerprint density at radius 1 is 1.62 bits per heavy atom. The molecule has 2 aromatic heterocycles. The maximum absolute atomic E-state index is 12.6. The van der Waals surface area contributed by atoms with Gasteiger partial charge in [0, 0.05) is 0 Å². The number of imidazole rings is 1. The van der Waals surface area contributed by atoms with E-state index in [1.54, 1.807) is 10.7 Å². The van der Waals surface area contributed by atoms with Crippen molar-refractivity contribution in [2.45, 2.75) is 20.8 Å². The molecule has 2 aromatic rings. The van der Waals surface area contributed by atoms with Gasteiger partial charge in [-0.1, -0.05) is 0 Å². The Bertz CT molecular complexity index is 739. The van der Waals surface area contributed by atoms with Gasteiger partial charge in [-0.05, 0) is 0 Å². The molecule has 2 heterocycles. The van der Waals surface area contributed by atoms with E-state index < -0.39 is 0 Å². The summed E-state index contributed by atoms with van der Waals surface area (Å²) >= 11 is 1.34. The molecule has 1 amide bonds. The van der Waals surface area contributed by atoms with Crippen molar-refractivity contribution in [3.8, 4) is 0 Å². The van der Waals surface area contributed by atoms with Gasteiger partial charge in [0.15, 0.2) is 0 Å². The monoisotopic (exact) mass is 341 g/mol. The third-order valence-corrected chi connectivity index (χ3v) is 4.86. The molecule has 7 heteroatoms. The molecule has 0 aliphatic rings. The molecule has 0 N–H and O–H groups in total. The van der Waals surface area contributed by atoms with Crippen LogP contribution in [0.5, 0.6) is 0 Å². The number of aryl methyl sites for hydroxylation is 1. The zero-order valence-corrected chi connectivity index (χ0v) is 14.6. The molecule has 0 atom stereocenters. The van der Waals surface area contributed by atoms with Crippen molar-refractivity contribution in [1.82, 2.24) is 19.5 Å². The van der Waals surface area contributed by atoms with Crippen LogP contribution in [0, 0.1) is 6.92 Å². The first kappa shape index (κ1) is 16.0. The van der Waals surface area contributed by atoms with Gasteiger partial charge in [0.05, 0.1) is 0 Å². The number of fused-ring (bicyclic) bond motifs is 1. The minimum absolute atomic E-state index is 0.0290. The van der Waals surface area contributed by atoms with Gasteiger partial charge in [0.25, 0.3) is 0 Å². The van der Waals surface area contributed by atoms with Crippen molar-refractivity contribution in [2.24, 2.45) is 0 Å². The molecule has 0 aromatic carbocycles. The quantitative estimate of drug-likeness (QED) is 0.834. The fourth-order valence-corrected chi connectivity index (χ4v) is 3.54. The van der Waals surface area contributed by atoms with Gasteiger partial charge >= 0.3 is 134 Å². The number of likely N-dealkylation sites (N-methyl/N-ethyl adjacent to an activating group) is 1. The van der Waals surface area contributed by atoms with Gasteiger partial charge in [0.2, 0.25) is 0 Å². The molecule has 0 aliphatic carbocycles. The topological polar surface area (TPSA) is 50.5 Å². The van der Waals surface area contributed by atoms with Crippen molar-refractivity contribution in [1.29, 1.82) is 0 Å². The average molecular weight is 341 g/mol. The standard InChI is InChI=1S/C13H16N4OS.CH2.V/c1-5-9(3)8-16(6-2)13(18)12-15-17-10(4)14-7-11(17)19-12;;/h3,5,7H,6,8H2,1-2,4H3;1H2;/b9-5+;;. The summed E-state index contributed by atoms with van der Waals surface area (Å²) in [5.74, 6) is 0.769. The third kappa shape index (κ3) is 3.45. The average Bonchev–Trinajstić information content (AvgIpc) is 3.05. The van der Waals surface area contributed by atoms with Crippen molar-refractivity contribution < 1.29 is 20.2 Å². The number of carbonyl (C=O) groups is 1. The van der Waals surface area contributed by atoms with Crippen LogP contribution in [-0.4, -0.2) is 48.5 Å². The van der Waals surface area contributed by atoms with Crippen LogP contribution < -0.4 is 0 Å². The number of aromatic nitrogens is 3. The number of rotatable bonds is 5. The molecule has 0 saturated heterocycles. The molecular weight excluding hydrogens is 323 g/mol. The second-order valence-corrected chi connectivity index (χ2v) is 6.44. The van der Waals surface area contributed by atoms with Gasteiger partial charge in [-0.15, -0.1) is 0 Å². The van der Waals surface area contributed by atoms with Gasteiger partial charge < -0.3 is 0 Å². The fraction of sp³-hybridized carbons (Fsp3) is 0.357. The van der Waals surface area contributed by atoms with E-state index in [0.717, 1.165) is 16.2 Å². The Morgan fingerprint density at radius 3 is 2.95 bits per heavy atom. The fourth-order valence-electron chi connectivity index (χ4n) is 1.91. The van der Waals surface area contributed by atoms with E-state index in [1.165, 1.54) is 11.3 Å². The Hall–Kier alpha value is -1.37. The number of amides is 1. The number of carbonyl (C=O) groups excluding carboxylic acids is 1. The molecular formula is C14H18N4OSV. The van der Waals surface area contributed by atoms with Crippen LogP contribution in [0.4, 0.5) is 0 Å². The first-order chi connectivity index (χ1) is 10.1. The van der Waals surface area contributed by atoms with E-state index in [1.807, 2.05) is 31.7 Å². The number of hydrogen-bond acceptors (Lipinski definition) is 4. The van der Waals surface area contributed by atoms with Gasteiger partial charge in [0.1, 0.15) is 0 Å². The minimum atomic E-state index is -0.0398. The van der Waals surface area contributed by atoms with Crippen LogP contribution in [-0.2, 0) is 15.4 Å². The molecule has 0 unspecified atom stereocenters. The Kier molecular flexibility index (Phi) is 5.39. The molecule has 0 fully saturated rings. The summed E-state index contributed by atoms with van der Waals surface area (Å²) in [5.41, 5.74) is 1.15. The summed E-state index contributed by atoms with van der Waals surface area (Å²) in [6.07, 6.45) is 3.79. The SMILES string of the molecule is [CH2]=[V]=[CH]/C(=C\C)CN(CC)C(=O)c1nn2c(C)ncc2s1. The Morgan fingerprint density at radius 2 is 2.38 bits per heavy atom. The molecule has 5 nitrogen and oxygen atoms in total. The van der Waals surface area contributed by atoms with Gasteiger partial charge in [-0.3, -0.25) is 0 Å². The molecule has 21 heavy (non-hydrogen) atoms. The van der Waals surface area contributed by atoms with Crippen molar-refractivity contribution in [3.05, 3.63) is 28.7 Å². The maximum atomic E-state index is 12.6. The van der Waals surface area contributed by atoms with Crippen molar-refractivity contribution in [2.75, 3.05) is 13.1 Å². The molecule has 111 valence electrons.